The van der Waals surface area contributed by atoms with Gasteiger partial charge in [0.2, 0.25) is 5.91 Å². The summed E-state index contributed by atoms with van der Waals surface area (Å²) >= 11 is 8.20. The number of hydrogen-bond acceptors (Lipinski definition) is 2. The minimum absolute atomic E-state index is 0.0266. The van der Waals surface area contributed by atoms with E-state index in [0.29, 0.717) is 29.7 Å². The van der Waals surface area contributed by atoms with Gasteiger partial charge in [0.15, 0.2) is 0 Å². The molecule has 5 heteroatoms. The highest BCUT2D eigenvalue weighted by Gasteiger charge is 2.06. The first-order chi connectivity index (χ1) is 7.99. The topological polar surface area (TPSA) is 41.1 Å². The summed E-state index contributed by atoms with van der Waals surface area (Å²) in [5.41, 5.74) is 0.668. The Morgan fingerprint density at radius 1 is 1.47 bits per heavy atom. The second-order valence-electron chi connectivity index (χ2n) is 4.03. The molecule has 0 radical (unpaired) electrons. The van der Waals surface area contributed by atoms with Gasteiger partial charge in [0, 0.05) is 22.6 Å². The van der Waals surface area contributed by atoms with Crippen molar-refractivity contribution in [3.8, 4) is 0 Å². The van der Waals surface area contributed by atoms with Crippen molar-refractivity contribution in [3.05, 3.63) is 26.8 Å². The SMILES string of the molecule is CC(C)NCCC(=O)Nc1ccc(I)cc1Cl. The highest BCUT2D eigenvalue weighted by atomic mass is 127. The van der Waals surface area contributed by atoms with Crippen LogP contribution in [0.15, 0.2) is 18.2 Å². The van der Waals surface area contributed by atoms with E-state index in [4.69, 9.17) is 11.6 Å². The summed E-state index contributed by atoms with van der Waals surface area (Å²) in [4.78, 5) is 11.6. The lowest BCUT2D eigenvalue weighted by atomic mass is 10.3. The standard InChI is InChI=1S/C12H16ClIN2O/c1-8(2)15-6-5-12(17)16-11-4-3-9(14)7-10(11)13/h3-4,7-8,15H,5-6H2,1-2H3,(H,16,17). The third kappa shape index (κ3) is 5.70. The van der Waals surface area contributed by atoms with Crippen molar-refractivity contribution in [2.24, 2.45) is 0 Å². The van der Waals surface area contributed by atoms with Gasteiger partial charge in [-0.05, 0) is 40.8 Å². The Balaban J connectivity index is 2.45. The molecule has 1 amide bonds. The van der Waals surface area contributed by atoms with Crippen LogP contribution in [-0.2, 0) is 4.79 Å². The molecule has 0 bridgehead atoms. The smallest absolute Gasteiger partial charge is 0.225 e. The van der Waals surface area contributed by atoms with Crippen molar-refractivity contribution in [2.75, 3.05) is 11.9 Å². The van der Waals surface area contributed by atoms with Crippen LogP contribution in [-0.4, -0.2) is 18.5 Å². The molecule has 0 fully saturated rings. The Labute approximate surface area is 120 Å². The van der Waals surface area contributed by atoms with Crippen LogP contribution in [0.4, 0.5) is 5.69 Å². The molecule has 0 heterocycles. The number of carbonyl (C=O) groups is 1. The van der Waals surface area contributed by atoms with E-state index in [2.05, 4.69) is 33.2 Å². The summed E-state index contributed by atoms with van der Waals surface area (Å²) in [5, 5.41) is 6.56. The van der Waals surface area contributed by atoms with E-state index in [1.165, 1.54) is 0 Å². The molecule has 1 aromatic carbocycles. The van der Waals surface area contributed by atoms with Crippen LogP contribution in [0.25, 0.3) is 0 Å². The predicted molar refractivity (Wildman–Crippen MR) is 80.6 cm³/mol. The number of amides is 1. The van der Waals surface area contributed by atoms with Gasteiger partial charge in [-0.25, -0.2) is 0 Å². The van der Waals surface area contributed by atoms with E-state index in [1.807, 2.05) is 32.0 Å². The first kappa shape index (κ1) is 14.7. The molecule has 0 aromatic heterocycles. The number of nitrogens with one attached hydrogen (secondary N) is 2. The molecule has 0 aliphatic rings. The van der Waals surface area contributed by atoms with Gasteiger partial charge in [-0.3, -0.25) is 4.79 Å². The number of benzene rings is 1. The summed E-state index contributed by atoms with van der Waals surface area (Å²) in [6.45, 7) is 4.77. The Morgan fingerprint density at radius 2 is 2.18 bits per heavy atom. The van der Waals surface area contributed by atoms with Gasteiger partial charge in [-0.2, -0.15) is 0 Å². The lowest BCUT2D eigenvalue weighted by molar-refractivity contribution is -0.116. The quantitative estimate of drug-likeness (QED) is 0.785. The zero-order valence-electron chi connectivity index (χ0n) is 9.89. The monoisotopic (exact) mass is 366 g/mol. The number of anilines is 1. The average Bonchev–Trinajstić information content (AvgIpc) is 2.21. The van der Waals surface area contributed by atoms with E-state index < -0.39 is 0 Å². The van der Waals surface area contributed by atoms with Crippen LogP contribution in [0, 0.1) is 3.57 Å². The molecule has 0 unspecified atom stereocenters. The summed E-state index contributed by atoms with van der Waals surface area (Å²) in [6.07, 6.45) is 0.445. The summed E-state index contributed by atoms with van der Waals surface area (Å²) in [5.74, 6) is -0.0266. The van der Waals surface area contributed by atoms with Crippen LogP contribution in [0.5, 0.6) is 0 Å². The van der Waals surface area contributed by atoms with Gasteiger partial charge >= 0.3 is 0 Å². The molecular weight excluding hydrogens is 351 g/mol. The van der Waals surface area contributed by atoms with Crippen molar-refractivity contribution in [1.82, 2.24) is 5.32 Å². The van der Waals surface area contributed by atoms with Crippen LogP contribution in [0.1, 0.15) is 20.3 Å². The van der Waals surface area contributed by atoms with Crippen molar-refractivity contribution in [1.29, 1.82) is 0 Å². The molecule has 0 aliphatic heterocycles. The fourth-order valence-corrected chi connectivity index (χ4v) is 2.18. The van der Waals surface area contributed by atoms with E-state index in [-0.39, 0.29) is 5.91 Å². The summed E-state index contributed by atoms with van der Waals surface area (Å²) in [6, 6.07) is 5.95. The van der Waals surface area contributed by atoms with E-state index >= 15 is 0 Å². The fourth-order valence-electron chi connectivity index (χ4n) is 1.28. The molecule has 0 saturated heterocycles. The second-order valence-corrected chi connectivity index (χ2v) is 5.68. The Hall–Kier alpha value is -0.330. The third-order valence-corrected chi connectivity index (χ3v) is 3.09. The van der Waals surface area contributed by atoms with Crippen LogP contribution >= 0.6 is 34.2 Å². The van der Waals surface area contributed by atoms with Gasteiger partial charge in [-0.15, -0.1) is 0 Å². The maximum absolute atomic E-state index is 11.6. The minimum atomic E-state index is -0.0266. The predicted octanol–water partition coefficient (Wildman–Crippen LogP) is 3.27. The highest BCUT2D eigenvalue weighted by molar-refractivity contribution is 14.1. The molecule has 17 heavy (non-hydrogen) atoms. The summed E-state index contributed by atoms with van der Waals surface area (Å²) in [7, 11) is 0. The zero-order chi connectivity index (χ0) is 12.8. The minimum Gasteiger partial charge on any atom is -0.325 e. The van der Waals surface area contributed by atoms with Gasteiger partial charge in [-0.1, -0.05) is 25.4 Å². The third-order valence-electron chi connectivity index (χ3n) is 2.11. The molecule has 0 saturated carbocycles. The van der Waals surface area contributed by atoms with E-state index in [0.717, 1.165) is 3.57 Å². The normalized spacial score (nSPS) is 10.6. The molecule has 0 aliphatic carbocycles. The molecule has 0 atom stereocenters. The Bertz CT molecular complexity index is 396. The van der Waals surface area contributed by atoms with Crippen LogP contribution < -0.4 is 10.6 Å². The molecule has 2 N–H and O–H groups in total. The number of carbonyl (C=O) groups excluding carboxylic acids is 1. The molecule has 94 valence electrons. The largest absolute Gasteiger partial charge is 0.325 e. The summed E-state index contributed by atoms with van der Waals surface area (Å²) < 4.78 is 1.05. The number of rotatable bonds is 5. The van der Waals surface area contributed by atoms with E-state index in [1.54, 1.807) is 0 Å². The van der Waals surface area contributed by atoms with Gasteiger partial charge in [0.25, 0.3) is 0 Å². The average molecular weight is 367 g/mol. The first-order valence-corrected chi connectivity index (χ1v) is 6.93. The molecule has 1 rings (SSSR count). The van der Waals surface area contributed by atoms with Crippen molar-refractivity contribution in [2.45, 2.75) is 26.3 Å². The molecule has 1 aromatic rings. The van der Waals surface area contributed by atoms with Crippen molar-refractivity contribution < 1.29 is 4.79 Å². The number of halogens is 2. The van der Waals surface area contributed by atoms with Gasteiger partial charge in [0.05, 0.1) is 10.7 Å². The number of hydrogen-bond donors (Lipinski definition) is 2. The molecular formula is C12H16ClIN2O. The molecule has 0 spiro atoms. The van der Waals surface area contributed by atoms with Crippen LogP contribution in [0.3, 0.4) is 0 Å². The molecule has 3 nitrogen and oxygen atoms in total. The van der Waals surface area contributed by atoms with Gasteiger partial charge in [0.1, 0.15) is 0 Å². The zero-order valence-corrected chi connectivity index (χ0v) is 12.8. The Morgan fingerprint density at radius 3 is 2.76 bits per heavy atom. The van der Waals surface area contributed by atoms with Crippen molar-refractivity contribution >= 4 is 45.8 Å². The Kier molecular flexibility index (Phi) is 6.22. The second kappa shape index (κ2) is 7.18. The maximum atomic E-state index is 11.6. The highest BCUT2D eigenvalue weighted by Crippen LogP contribution is 2.23. The lowest BCUT2D eigenvalue weighted by Crippen LogP contribution is -2.27. The van der Waals surface area contributed by atoms with E-state index in [9.17, 15) is 4.79 Å². The maximum Gasteiger partial charge on any atom is 0.225 e. The first-order valence-electron chi connectivity index (χ1n) is 5.47. The van der Waals surface area contributed by atoms with Gasteiger partial charge < -0.3 is 10.6 Å². The fraction of sp³-hybridized carbons (Fsp3) is 0.417. The lowest BCUT2D eigenvalue weighted by Gasteiger charge is -2.09. The van der Waals surface area contributed by atoms with Crippen LogP contribution in [0.2, 0.25) is 5.02 Å². The van der Waals surface area contributed by atoms with Crippen molar-refractivity contribution in [3.63, 3.8) is 0 Å².